The molecule has 0 radical (unpaired) electrons. The zero-order valence-electron chi connectivity index (χ0n) is 20.2. The van der Waals surface area contributed by atoms with Crippen molar-refractivity contribution in [3.8, 4) is 0 Å². The summed E-state index contributed by atoms with van der Waals surface area (Å²) >= 11 is 0. The van der Waals surface area contributed by atoms with E-state index in [1.54, 1.807) is 23.7 Å². The number of fused-ring (bicyclic) bond motifs is 1. The Morgan fingerprint density at radius 1 is 1.21 bits per heavy atom. The summed E-state index contributed by atoms with van der Waals surface area (Å²) in [5.74, 6) is 0.169. The molecule has 6 nitrogen and oxygen atoms in total. The van der Waals surface area contributed by atoms with Gasteiger partial charge in [-0.15, -0.1) is 0 Å². The van der Waals surface area contributed by atoms with Crippen molar-refractivity contribution in [2.45, 2.75) is 51.5 Å². The number of nitrogens with zero attached hydrogens (tertiary/aromatic N) is 3. The lowest BCUT2D eigenvalue weighted by Crippen LogP contribution is -2.33. The number of hydrogen-bond acceptors (Lipinski definition) is 5. The fourth-order valence-corrected chi connectivity index (χ4v) is 4.90. The molecule has 2 atom stereocenters. The highest BCUT2D eigenvalue weighted by atomic mass is 32.2. The van der Waals surface area contributed by atoms with Crippen molar-refractivity contribution in [2.75, 3.05) is 29.6 Å². The van der Waals surface area contributed by atoms with Gasteiger partial charge in [-0.05, 0) is 50.5 Å². The molecular formula is C25H33FN4O2S. The van der Waals surface area contributed by atoms with Gasteiger partial charge in [-0.25, -0.2) is 9.37 Å². The molecule has 1 heterocycles. The van der Waals surface area contributed by atoms with Crippen LogP contribution in [0.5, 0.6) is 0 Å². The highest BCUT2D eigenvalue weighted by Crippen LogP contribution is 2.31. The molecule has 33 heavy (non-hydrogen) atoms. The van der Waals surface area contributed by atoms with E-state index in [0.717, 1.165) is 37.1 Å². The van der Waals surface area contributed by atoms with Gasteiger partial charge in [0.2, 0.25) is 5.95 Å². The number of aryl methyl sites for hydroxylation is 1. The quantitative estimate of drug-likeness (QED) is 0.479. The van der Waals surface area contributed by atoms with Gasteiger partial charge in [0.1, 0.15) is 5.82 Å². The van der Waals surface area contributed by atoms with Gasteiger partial charge in [0.05, 0.1) is 38.3 Å². The molecule has 3 aromatic rings. The zero-order valence-corrected chi connectivity index (χ0v) is 21.1. The van der Waals surface area contributed by atoms with E-state index in [9.17, 15) is 13.4 Å². The molecule has 0 spiro atoms. The summed E-state index contributed by atoms with van der Waals surface area (Å²) in [6.07, 6.45) is 3.41. The standard InChI is InChI=1S/C25H33FN4O2S/c1-7-12-30(13-8-2)25-28-22-18(14-16(3)15-19(22)24(31)29(25)5)17(4)27-23-20(26)10-9-11-21(23)33(6)32/h9-11,14-15,17,27H,7-8,12-13H2,1-6H3. The molecule has 0 saturated carbocycles. The molecule has 2 unspecified atom stereocenters. The van der Waals surface area contributed by atoms with E-state index in [0.29, 0.717) is 21.7 Å². The Morgan fingerprint density at radius 2 is 1.88 bits per heavy atom. The third-order valence-electron chi connectivity index (χ3n) is 5.71. The molecule has 178 valence electrons. The summed E-state index contributed by atoms with van der Waals surface area (Å²) < 4.78 is 28.4. The second-order valence-electron chi connectivity index (χ2n) is 8.45. The van der Waals surface area contributed by atoms with Gasteiger partial charge in [0, 0.05) is 32.0 Å². The number of rotatable bonds is 9. The Kier molecular flexibility index (Phi) is 7.89. The Hall–Kier alpha value is -2.74. The summed E-state index contributed by atoms with van der Waals surface area (Å²) in [6.45, 7) is 9.64. The lowest BCUT2D eigenvalue weighted by molar-refractivity contribution is 0.622. The number of aromatic nitrogens is 2. The third-order valence-corrected chi connectivity index (χ3v) is 6.67. The average molecular weight is 473 g/mol. The molecule has 0 bridgehead atoms. The minimum Gasteiger partial charge on any atom is -0.375 e. The number of nitrogens with one attached hydrogen (secondary N) is 1. The minimum atomic E-state index is -1.35. The molecule has 0 amide bonds. The van der Waals surface area contributed by atoms with Crippen LogP contribution in [0, 0.1) is 12.7 Å². The monoisotopic (exact) mass is 472 g/mol. The molecule has 0 aliphatic rings. The summed E-state index contributed by atoms with van der Waals surface area (Å²) in [5, 5.41) is 3.73. The van der Waals surface area contributed by atoms with Crippen molar-refractivity contribution in [1.29, 1.82) is 0 Å². The smallest absolute Gasteiger partial charge is 0.262 e. The van der Waals surface area contributed by atoms with Crippen molar-refractivity contribution in [3.63, 3.8) is 0 Å². The van der Waals surface area contributed by atoms with Crippen LogP contribution in [0.25, 0.3) is 10.9 Å². The second-order valence-corrected chi connectivity index (χ2v) is 9.79. The lowest BCUT2D eigenvalue weighted by atomic mass is 10.0. The first-order valence-electron chi connectivity index (χ1n) is 11.3. The molecule has 0 aliphatic heterocycles. The van der Waals surface area contributed by atoms with Crippen molar-refractivity contribution >= 4 is 33.3 Å². The molecule has 1 aromatic heterocycles. The van der Waals surface area contributed by atoms with Gasteiger partial charge in [-0.3, -0.25) is 13.6 Å². The van der Waals surface area contributed by atoms with E-state index >= 15 is 0 Å². The largest absolute Gasteiger partial charge is 0.375 e. The van der Waals surface area contributed by atoms with Crippen LogP contribution in [0.3, 0.4) is 0 Å². The second kappa shape index (κ2) is 10.5. The normalized spacial score (nSPS) is 13.2. The summed E-state index contributed by atoms with van der Waals surface area (Å²) in [4.78, 5) is 20.8. The van der Waals surface area contributed by atoms with Crippen LogP contribution < -0.4 is 15.8 Å². The van der Waals surface area contributed by atoms with Gasteiger partial charge in [0.15, 0.2) is 0 Å². The third kappa shape index (κ3) is 5.11. The van der Waals surface area contributed by atoms with Gasteiger partial charge in [-0.1, -0.05) is 26.0 Å². The van der Waals surface area contributed by atoms with E-state index in [4.69, 9.17) is 4.98 Å². The number of benzene rings is 2. The number of anilines is 2. The van der Waals surface area contributed by atoms with Gasteiger partial charge >= 0.3 is 0 Å². The molecule has 0 fully saturated rings. The van der Waals surface area contributed by atoms with Crippen molar-refractivity contribution in [2.24, 2.45) is 7.05 Å². The highest BCUT2D eigenvalue weighted by molar-refractivity contribution is 7.84. The van der Waals surface area contributed by atoms with Gasteiger partial charge in [-0.2, -0.15) is 0 Å². The first-order chi connectivity index (χ1) is 15.7. The van der Waals surface area contributed by atoms with Crippen LogP contribution >= 0.6 is 0 Å². The van der Waals surface area contributed by atoms with E-state index in [2.05, 4.69) is 24.1 Å². The summed E-state index contributed by atoms with van der Waals surface area (Å²) in [6, 6.07) is 8.01. The molecule has 0 aliphatic carbocycles. The molecule has 0 saturated heterocycles. The first kappa shape index (κ1) is 24.9. The van der Waals surface area contributed by atoms with Crippen molar-refractivity contribution < 1.29 is 8.60 Å². The average Bonchev–Trinajstić information content (AvgIpc) is 2.77. The van der Waals surface area contributed by atoms with Crippen LogP contribution in [0.15, 0.2) is 40.0 Å². The predicted molar refractivity (Wildman–Crippen MR) is 135 cm³/mol. The minimum absolute atomic E-state index is 0.106. The molecular weight excluding hydrogens is 439 g/mol. The van der Waals surface area contributed by atoms with E-state index < -0.39 is 16.6 Å². The Morgan fingerprint density at radius 3 is 2.48 bits per heavy atom. The highest BCUT2D eigenvalue weighted by Gasteiger charge is 2.21. The summed E-state index contributed by atoms with van der Waals surface area (Å²) in [7, 11) is 0.404. The van der Waals surface area contributed by atoms with Crippen LogP contribution in [-0.4, -0.2) is 33.1 Å². The fraction of sp³-hybridized carbons (Fsp3) is 0.440. The van der Waals surface area contributed by atoms with E-state index in [-0.39, 0.29) is 17.3 Å². The van der Waals surface area contributed by atoms with E-state index in [1.165, 1.54) is 12.3 Å². The SMILES string of the molecule is CCCN(CCC)c1nc2c(C(C)Nc3c(F)cccc3S(C)=O)cc(C)cc2c(=O)n1C. The van der Waals surface area contributed by atoms with Gasteiger partial charge < -0.3 is 10.2 Å². The molecule has 2 aromatic carbocycles. The Balaban J connectivity index is 2.19. The Labute approximate surface area is 197 Å². The predicted octanol–water partition coefficient (Wildman–Crippen LogP) is 4.92. The maximum atomic E-state index is 14.7. The summed E-state index contributed by atoms with van der Waals surface area (Å²) in [5.41, 5.74) is 2.43. The van der Waals surface area contributed by atoms with E-state index in [1.807, 2.05) is 26.0 Å². The fourth-order valence-electron chi connectivity index (χ4n) is 4.18. The van der Waals surface area contributed by atoms with Crippen LogP contribution in [0.4, 0.5) is 16.0 Å². The van der Waals surface area contributed by atoms with Crippen LogP contribution in [0.1, 0.15) is 50.8 Å². The Bertz CT molecular complexity index is 1240. The topological polar surface area (TPSA) is 67.2 Å². The van der Waals surface area contributed by atoms with Crippen molar-refractivity contribution in [3.05, 3.63) is 57.6 Å². The molecule has 1 N–H and O–H groups in total. The van der Waals surface area contributed by atoms with Crippen LogP contribution in [0.2, 0.25) is 0 Å². The number of hydrogen-bond donors (Lipinski definition) is 1. The van der Waals surface area contributed by atoms with Crippen LogP contribution in [-0.2, 0) is 17.8 Å². The zero-order chi connectivity index (χ0) is 24.3. The maximum absolute atomic E-state index is 14.7. The maximum Gasteiger partial charge on any atom is 0.262 e. The van der Waals surface area contributed by atoms with Gasteiger partial charge in [0.25, 0.3) is 5.56 Å². The van der Waals surface area contributed by atoms with Crippen molar-refractivity contribution in [1.82, 2.24) is 9.55 Å². The molecule has 8 heteroatoms. The lowest BCUT2D eigenvalue weighted by Gasteiger charge is -2.26. The number of para-hydroxylation sites is 1. The number of halogens is 1. The molecule has 3 rings (SSSR count). The first-order valence-corrected chi connectivity index (χ1v) is 12.9.